The molecule has 0 radical (unpaired) electrons. The number of ether oxygens (including phenoxy) is 1. The summed E-state index contributed by atoms with van der Waals surface area (Å²) in [6.07, 6.45) is 6.08. The van der Waals surface area contributed by atoms with Crippen LogP contribution in [0, 0.1) is 0 Å². The summed E-state index contributed by atoms with van der Waals surface area (Å²) >= 11 is 2.53. The summed E-state index contributed by atoms with van der Waals surface area (Å²) in [5, 5.41) is 0. The molecule has 2 fully saturated rings. The van der Waals surface area contributed by atoms with Crippen LogP contribution in [0.15, 0.2) is 0 Å². The van der Waals surface area contributed by atoms with Crippen molar-refractivity contribution in [2.24, 2.45) is 0 Å². The Bertz CT molecular complexity index is 257. The second kappa shape index (κ2) is 7.57. The second-order valence-electron chi connectivity index (χ2n) is 6.26. The Morgan fingerprint density at radius 1 is 0.947 bits per heavy atom. The minimum Gasteiger partial charge on any atom is -0.376 e. The van der Waals surface area contributed by atoms with Gasteiger partial charge in [-0.05, 0) is 46.5 Å². The van der Waals surface area contributed by atoms with Gasteiger partial charge >= 0.3 is 0 Å². The summed E-state index contributed by atoms with van der Waals surface area (Å²) in [5.41, 5.74) is 0. The molecule has 19 heavy (non-hydrogen) atoms. The number of alkyl halides is 1. The van der Waals surface area contributed by atoms with Crippen LogP contribution in [0.25, 0.3) is 0 Å². The van der Waals surface area contributed by atoms with Crippen molar-refractivity contribution in [3.63, 3.8) is 0 Å². The number of rotatable bonds is 4. The molecule has 1 aliphatic carbocycles. The van der Waals surface area contributed by atoms with Gasteiger partial charge in [0, 0.05) is 32.2 Å². The quantitative estimate of drug-likeness (QED) is 0.424. The van der Waals surface area contributed by atoms with Crippen molar-refractivity contribution >= 4 is 22.6 Å². The third-order valence-corrected chi connectivity index (χ3v) is 5.26. The van der Waals surface area contributed by atoms with E-state index in [0.29, 0.717) is 16.3 Å². The topological polar surface area (TPSA) is 15.7 Å². The summed E-state index contributed by atoms with van der Waals surface area (Å²) < 4.78 is 6.62. The van der Waals surface area contributed by atoms with Crippen molar-refractivity contribution in [1.29, 1.82) is 0 Å². The Hall–Kier alpha value is 0.610. The summed E-state index contributed by atoms with van der Waals surface area (Å²) in [4.78, 5) is 5.31. The molecule has 1 saturated heterocycles. The third kappa shape index (κ3) is 4.83. The normalized spacial score (nSPS) is 32.7. The first-order valence-electron chi connectivity index (χ1n) is 7.84. The summed E-state index contributed by atoms with van der Waals surface area (Å²) in [6, 6.07) is 0.818. The van der Waals surface area contributed by atoms with E-state index in [2.05, 4.69) is 53.2 Å². The van der Waals surface area contributed by atoms with Crippen molar-refractivity contribution in [3.8, 4) is 0 Å². The minimum absolute atomic E-state index is 0.384. The lowest BCUT2D eigenvalue weighted by Gasteiger charge is -2.42. The number of nitrogens with zero attached hydrogens (tertiary/aromatic N) is 2. The zero-order valence-corrected chi connectivity index (χ0v) is 14.8. The van der Waals surface area contributed by atoms with Crippen LogP contribution in [0.4, 0.5) is 0 Å². The number of halogens is 1. The molecule has 2 aliphatic rings. The second-order valence-corrected chi connectivity index (χ2v) is 8.06. The molecule has 0 amide bonds. The smallest absolute Gasteiger partial charge is 0.0590 e. The molecular formula is C15H29IN2O. The van der Waals surface area contributed by atoms with Crippen molar-refractivity contribution in [3.05, 3.63) is 0 Å². The lowest BCUT2D eigenvalue weighted by molar-refractivity contribution is -0.0305. The zero-order valence-electron chi connectivity index (χ0n) is 12.6. The van der Waals surface area contributed by atoms with Gasteiger partial charge < -0.3 is 4.74 Å². The Morgan fingerprint density at radius 3 is 2.00 bits per heavy atom. The maximum Gasteiger partial charge on any atom is 0.0590 e. The zero-order chi connectivity index (χ0) is 13.8. The molecule has 1 atom stereocenters. The molecule has 0 N–H and O–H groups in total. The molecule has 1 heterocycles. The van der Waals surface area contributed by atoms with Crippen LogP contribution in [0.3, 0.4) is 0 Å². The fourth-order valence-corrected chi connectivity index (χ4v) is 3.95. The molecule has 0 aromatic carbocycles. The first-order chi connectivity index (χ1) is 9.06. The Kier molecular flexibility index (Phi) is 6.37. The minimum atomic E-state index is 0.384. The van der Waals surface area contributed by atoms with Crippen LogP contribution in [0.5, 0.6) is 0 Å². The first kappa shape index (κ1) is 16.0. The lowest BCUT2D eigenvalue weighted by Crippen LogP contribution is -2.52. The van der Waals surface area contributed by atoms with Crippen LogP contribution in [0.2, 0.25) is 0 Å². The van der Waals surface area contributed by atoms with E-state index in [0.717, 1.165) is 6.04 Å². The molecule has 1 unspecified atom stereocenters. The van der Waals surface area contributed by atoms with Crippen LogP contribution in [-0.2, 0) is 4.74 Å². The predicted molar refractivity (Wildman–Crippen MR) is 88.9 cm³/mol. The number of hydrogen-bond acceptors (Lipinski definition) is 3. The molecule has 3 nitrogen and oxygen atoms in total. The van der Waals surface area contributed by atoms with Gasteiger partial charge in [-0.1, -0.05) is 22.6 Å². The van der Waals surface area contributed by atoms with E-state index < -0.39 is 0 Å². The molecule has 0 aromatic heterocycles. The monoisotopic (exact) mass is 380 g/mol. The standard InChI is InChI=1S/C15H29IN2O/c1-12(2)19-15-6-4-14(5-7-15)18-10-8-17(9-11-18)13(3)16/h12-15H,4-11H2,1-3H3. The fourth-order valence-electron chi connectivity index (χ4n) is 3.39. The van der Waals surface area contributed by atoms with Gasteiger partial charge in [0.1, 0.15) is 0 Å². The molecule has 112 valence electrons. The van der Waals surface area contributed by atoms with E-state index in [1.807, 2.05) is 0 Å². The van der Waals surface area contributed by atoms with Crippen LogP contribution < -0.4 is 0 Å². The molecule has 1 saturated carbocycles. The Morgan fingerprint density at radius 2 is 1.53 bits per heavy atom. The highest BCUT2D eigenvalue weighted by atomic mass is 127. The van der Waals surface area contributed by atoms with Crippen molar-refractivity contribution in [2.75, 3.05) is 26.2 Å². The molecule has 0 bridgehead atoms. The Labute approximate surface area is 132 Å². The van der Waals surface area contributed by atoms with Gasteiger partial charge in [0.25, 0.3) is 0 Å². The molecule has 2 rings (SSSR count). The maximum absolute atomic E-state index is 5.95. The molecule has 0 spiro atoms. The highest BCUT2D eigenvalue weighted by Gasteiger charge is 2.29. The van der Waals surface area contributed by atoms with Gasteiger partial charge in [0.2, 0.25) is 0 Å². The van der Waals surface area contributed by atoms with E-state index in [9.17, 15) is 0 Å². The molecule has 4 heteroatoms. The molecular weight excluding hydrogens is 351 g/mol. The lowest BCUT2D eigenvalue weighted by atomic mass is 9.91. The summed E-state index contributed by atoms with van der Waals surface area (Å²) in [7, 11) is 0. The van der Waals surface area contributed by atoms with E-state index in [1.165, 1.54) is 51.9 Å². The van der Waals surface area contributed by atoms with Crippen molar-refractivity contribution in [2.45, 2.75) is 68.8 Å². The maximum atomic E-state index is 5.95. The molecule has 1 aliphatic heterocycles. The number of piperazine rings is 1. The largest absolute Gasteiger partial charge is 0.376 e. The Balaban J connectivity index is 1.71. The van der Waals surface area contributed by atoms with Crippen molar-refractivity contribution < 1.29 is 4.74 Å². The summed E-state index contributed by atoms with van der Waals surface area (Å²) in [6.45, 7) is 11.6. The van der Waals surface area contributed by atoms with E-state index in [-0.39, 0.29) is 0 Å². The van der Waals surface area contributed by atoms with Gasteiger partial charge in [-0.15, -0.1) is 0 Å². The van der Waals surface area contributed by atoms with Gasteiger partial charge in [0.05, 0.1) is 16.3 Å². The highest BCUT2D eigenvalue weighted by molar-refractivity contribution is 14.1. The highest BCUT2D eigenvalue weighted by Crippen LogP contribution is 2.27. The average Bonchev–Trinajstić information content (AvgIpc) is 2.39. The van der Waals surface area contributed by atoms with Crippen LogP contribution in [-0.4, -0.2) is 58.3 Å². The number of hydrogen-bond donors (Lipinski definition) is 0. The van der Waals surface area contributed by atoms with Crippen LogP contribution in [0.1, 0.15) is 46.5 Å². The SMILES string of the molecule is CC(C)OC1CCC(N2CCN(C(C)I)CC2)CC1. The van der Waals surface area contributed by atoms with Crippen molar-refractivity contribution in [1.82, 2.24) is 9.80 Å². The van der Waals surface area contributed by atoms with E-state index >= 15 is 0 Å². The molecule has 0 aromatic rings. The van der Waals surface area contributed by atoms with Gasteiger partial charge in [-0.25, -0.2) is 0 Å². The average molecular weight is 380 g/mol. The third-order valence-electron chi connectivity index (χ3n) is 4.48. The van der Waals surface area contributed by atoms with Gasteiger partial charge in [0.15, 0.2) is 0 Å². The first-order valence-corrected chi connectivity index (χ1v) is 9.08. The summed E-state index contributed by atoms with van der Waals surface area (Å²) in [5.74, 6) is 0. The van der Waals surface area contributed by atoms with Crippen LogP contribution >= 0.6 is 22.6 Å². The van der Waals surface area contributed by atoms with E-state index in [1.54, 1.807) is 0 Å². The van der Waals surface area contributed by atoms with E-state index in [4.69, 9.17) is 4.74 Å². The fraction of sp³-hybridized carbons (Fsp3) is 1.00. The van der Waals surface area contributed by atoms with Gasteiger partial charge in [-0.2, -0.15) is 0 Å². The predicted octanol–water partition coefficient (Wildman–Crippen LogP) is 3.12. The van der Waals surface area contributed by atoms with Gasteiger partial charge in [-0.3, -0.25) is 9.80 Å².